The Morgan fingerprint density at radius 2 is 2.08 bits per heavy atom. The van der Waals surface area contributed by atoms with Gasteiger partial charge in [-0.2, -0.15) is 0 Å². The van der Waals surface area contributed by atoms with Crippen LogP contribution in [-0.4, -0.2) is 33.5 Å². The first-order valence-electron chi connectivity index (χ1n) is 4.81. The number of rotatable bonds is 7. The van der Waals surface area contributed by atoms with Crippen molar-refractivity contribution in [3.05, 3.63) is 0 Å². The highest BCUT2D eigenvalue weighted by Gasteiger charge is 2.10. The molecule has 0 aliphatic rings. The molecule has 13 heavy (non-hydrogen) atoms. The molecule has 3 unspecified atom stereocenters. The van der Waals surface area contributed by atoms with Crippen LogP contribution < -0.4 is 5.73 Å². The van der Waals surface area contributed by atoms with E-state index >= 15 is 0 Å². The summed E-state index contributed by atoms with van der Waals surface area (Å²) >= 11 is 0. The Morgan fingerprint density at radius 1 is 1.46 bits per heavy atom. The second-order valence-electron chi connectivity index (χ2n) is 3.56. The van der Waals surface area contributed by atoms with Gasteiger partial charge in [0.2, 0.25) is 0 Å². The molecule has 0 spiro atoms. The monoisotopic (exact) mass is 207 g/mol. The number of nitrogens with two attached hydrogens (primary N) is 1. The fourth-order valence-corrected chi connectivity index (χ4v) is 2.64. The Kier molecular flexibility index (Phi) is 7.51. The van der Waals surface area contributed by atoms with Crippen molar-refractivity contribution in [2.75, 3.05) is 18.1 Å². The maximum Gasteiger partial charge on any atom is 0.0446 e. The van der Waals surface area contributed by atoms with Gasteiger partial charge in [0.05, 0.1) is 0 Å². The van der Waals surface area contributed by atoms with Crippen molar-refractivity contribution in [2.24, 2.45) is 11.7 Å². The average Bonchev–Trinajstić information content (AvgIpc) is 2.04. The molecule has 0 aliphatic heterocycles. The highest BCUT2D eigenvalue weighted by molar-refractivity contribution is 7.85. The Bertz CT molecular complexity index is 153. The quantitative estimate of drug-likeness (QED) is 0.638. The molecular formula is C9H21NO2S. The standard InChI is InChI=1S/C9H21NO2S/c1-3-8(2)6-13(12)7-9(10)4-5-11/h8-9,11H,3-7,10H2,1-2H3. The molecule has 0 aromatic carbocycles. The number of aliphatic hydroxyl groups is 1. The van der Waals surface area contributed by atoms with E-state index in [2.05, 4.69) is 13.8 Å². The average molecular weight is 207 g/mol. The van der Waals surface area contributed by atoms with E-state index in [9.17, 15) is 4.21 Å². The van der Waals surface area contributed by atoms with Gasteiger partial charge in [-0.25, -0.2) is 0 Å². The van der Waals surface area contributed by atoms with Gasteiger partial charge in [-0.1, -0.05) is 20.3 Å². The van der Waals surface area contributed by atoms with Crippen LogP contribution in [0.2, 0.25) is 0 Å². The van der Waals surface area contributed by atoms with Gasteiger partial charge in [0.1, 0.15) is 0 Å². The maximum atomic E-state index is 11.4. The summed E-state index contributed by atoms with van der Waals surface area (Å²) in [5.74, 6) is 1.75. The smallest absolute Gasteiger partial charge is 0.0446 e. The van der Waals surface area contributed by atoms with Gasteiger partial charge in [-0.15, -0.1) is 0 Å². The van der Waals surface area contributed by atoms with Crippen molar-refractivity contribution in [1.29, 1.82) is 0 Å². The van der Waals surface area contributed by atoms with Gasteiger partial charge >= 0.3 is 0 Å². The molecule has 3 N–H and O–H groups in total. The van der Waals surface area contributed by atoms with Crippen LogP contribution in [0.3, 0.4) is 0 Å². The molecule has 0 aromatic heterocycles. The summed E-state index contributed by atoms with van der Waals surface area (Å²) < 4.78 is 11.4. The van der Waals surface area contributed by atoms with Gasteiger partial charge in [-0.3, -0.25) is 4.21 Å². The second kappa shape index (κ2) is 7.47. The summed E-state index contributed by atoms with van der Waals surface area (Å²) in [5.41, 5.74) is 5.65. The third kappa shape index (κ3) is 7.16. The van der Waals surface area contributed by atoms with Gasteiger partial charge < -0.3 is 10.8 Å². The zero-order chi connectivity index (χ0) is 10.3. The van der Waals surface area contributed by atoms with E-state index in [4.69, 9.17) is 10.8 Å². The highest BCUT2D eigenvalue weighted by Crippen LogP contribution is 2.04. The van der Waals surface area contributed by atoms with Crippen LogP contribution in [0.15, 0.2) is 0 Å². The van der Waals surface area contributed by atoms with E-state index in [1.807, 2.05) is 0 Å². The molecule has 0 heterocycles. The normalized spacial score (nSPS) is 18.2. The molecule has 0 saturated carbocycles. The first kappa shape index (κ1) is 13.1. The number of hydrogen-bond donors (Lipinski definition) is 2. The summed E-state index contributed by atoms with van der Waals surface area (Å²) in [7, 11) is -0.818. The summed E-state index contributed by atoms with van der Waals surface area (Å²) in [4.78, 5) is 0. The second-order valence-corrected chi connectivity index (χ2v) is 5.11. The number of hydrogen-bond acceptors (Lipinski definition) is 3. The zero-order valence-corrected chi connectivity index (χ0v) is 9.35. The van der Waals surface area contributed by atoms with Gasteiger partial charge in [0.25, 0.3) is 0 Å². The molecule has 0 aliphatic carbocycles. The number of aliphatic hydroxyl groups excluding tert-OH is 1. The molecular weight excluding hydrogens is 186 g/mol. The molecule has 0 radical (unpaired) electrons. The molecule has 0 amide bonds. The molecule has 3 atom stereocenters. The minimum Gasteiger partial charge on any atom is -0.396 e. The third-order valence-corrected chi connectivity index (χ3v) is 3.81. The van der Waals surface area contributed by atoms with Crippen LogP contribution in [0.1, 0.15) is 26.7 Å². The molecule has 0 rings (SSSR count). The van der Waals surface area contributed by atoms with Crippen LogP contribution in [0.5, 0.6) is 0 Å². The lowest BCUT2D eigenvalue weighted by molar-refractivity contribution is 0.279. The molecule has 4 heteroatoms. The van der Waals surface area contributed by atoms with Gasteiger partial charge in [0.15, 0.2) is 0 Å². The largest absolute Gasteiger partial charge is 0.396 e. The zero-order valence-electron chi connectivity index (χ0n) is 8.53. The topological polar surface area (TPSA) is 63.3 Å². The van der Waals surface area contributed by atoms with Crippen molar-refractivity contribution in [3.8, 4) is 0 Å². The summed E-state index contributed by atoms with van der Waals surface area (Å²) in [5, 5.41) is 8.60. The van der Waals surface area contributed by atoms with E-state index < -0.39 is 10.8 Å². The summed E-state index contributed by atoms with van der Waals surface area (Å²) in [6, 6.07) is -0.116. The molecule has 3 nitrogen and oxygen atoms in total. The molecule has 0 fully saturated rings. The predicted octanol–water partition coefficient (Wildman–Crippen LogP) is 0.491. The van der Waals surface area contributed by atoms with E-state index in [1.54, 1.807) is 0 Å². The van der Waals surface area contributed by atoms with Crippen LogP contribution >= 0.6 is 0 Å². The Morgan fingerprint density at radius 3 is 2.54 bits per heavy atom. The van der Waals surface area contributed by atoms with Gasteiger partial charge in [0, 0.05) is 35.0 Å². The highest BCUT2D eigenvalue weighted by atomic mass is 32.2. The molecule has 80 valence electrons. The Labute approximate surface area is 83.2 Å². The third-order valence-electron chi connectivity index (χ3n) is 2.07. The maximum absolute atomic E-state index is 11.4. The molecule has 0 aromatic rings. The van der Waals surface area contributed by atoms with Crippen molar-refractivity contribution >= 4 is 10.8 Å². The molecule has 0 bridgehead atoms. The Balaban J connectivity index is 3.61. The van der Waals surface area contributed by atoms with Crippen LogP contribution in [0, 0.1) is 5.92 Å². The van der Waals surface area contributed by atoms with Crippen LogP contribution in [-0.2, 0) is 10.8 Å². The van der Waals surface area contributed by atoms with Crippen LogP contribution in [0.25, 0.3) is 0 Å². The van der Waals surface area contributed by atoms with E-state index in [1.165, 1.54) is 0 Å². The van der Waals surface area contributed by atoms with E-state index in [0.717, 1.165) is 12.2 Å². The Hall–Kier alpha value is 0.0700. The lowest BCUT2D eigenvalue weighted by Gasteiger charge is -2.12. The minimum absolute atomic E-state index is 0.0850. The molecule has 0 saturated heterocycles. The first-order valence-corrected chi connectivity index (χ1v) is 6.30. The van der Waals surface area contributed by atoms with Crippen molar-refractivity contribution < 1.29 is 9.32 Å². The van der Waals surface area contributed by atoms with Gasteiger partial charge in [-0.05, 0) is 12.3 Å². The van der Waals surface area contributed by atoms with Crippen molar-refractivity contribution in [1.82, 2.24) is 0 Å². The fourth-order valence-electron chi connectivity index (χ4n) is 0.991. The predicted molar refractivity (Wildman–Crippen MR) is 57.0 cm³/mol. The summed E-state index contributed by atoms with van der Waals surface area (Å²) in [6.07, 6.45) is 1.60. The lowest BCUT2D eigenvalue weighted by Crippen LogP contribution is -2.29. The van der Waals surface area contributed by atoms with E-state index in [-0.39, 0.29) is 12.6 Å². The van der Waals surface area contributed by atoms with Crippen molar-refractivity contribution in [3.63, 3.8) is 0 Å². The van der Waals surface area contributed by atoms with Crippen molar-refractivity contribution in [2.45, 2.75) is 32.7 Å². The summed E-state index contributed by atoms with van der Waals surface area (Å²) in [6.45, 7) is 4.27. The van der Waals surface area contributed by atoms with E-state index in [0.29, 0.717) is 18.1 Å². The first-order chi connectivity index (χ1) is 6.10. The fraction of sp³-hybridized carbons (Fsp3) is 1.00. The lowest BCUT2D eigenvalue weighted by atomic mass is 10.2. The van der Waals surface area contributed by atoms with Crippen LogP contribution in [0.4, 0.5) is 0 Å². The minimum atomic E-state index is -0.818. The SMILES string of the molecule is CCC(C)CS(=O)CC(N)CCO.